The van der Waals surface area contributed by atoms with Gasteiger partial charge in [-0.15, -0.1) is 0 Å². The zero-order valence-corrected chi connectivity index (χ0v) is 8.68. The van der Waals surface area contributed by atoms with Gasteiger partial charge in [-0.3, -0.25) is 0 Å². The first-order valence-corrected chi connectivity index (χ1v) is 2.93. The molecule has 0 atom stereocenters. The van der Waals surface area contributed by atoms with E-state index in [1.165, 1.54) is 0 Å². The Morgan fingerprint density at radius 2 is 1.25 bits per heavy atom. The average molecular weight is 417 g/mol. The average Bonchev–Trinajstić information content (AvgIpc) is 0.918. The van der Waals surface area contributed by atoms with E-state index in [0.29, 0.717) is 0 Å². The topological polar surface area (TPSA) is 0 Å². The van der Waals surface area contributed by atoms with Gasteiger partial charge < -0.3 is 45.2 Å². The normalized spacial score (nSPS) is 4.50. The molecule has 0 saturated carbocycles. The summed E-state index contributed by atoms with van der Waals surface area (Å²) in [5, 5.41) is 0. The number of hydrogen-bond acceptors (Lipinski definition) is 0. The Morgan fingerprint density at radius 3 is 1.25 bits per heavy atom. The summed E-state index contributed by atoms with van der Waals surface area (Å²) in [4.78, 5) is 0. The molecule has 0 aliphatic rings. The van der Waals surface area contributed by atoms with Crippen LogP contribution in [0, 0.1) is 42.8 Å². The number of halogens is 2. The first-order chi connectivity index (χ1) is 1.41. The maximum atomic E-state index is 2.15. The van der Waals surface area contributed by atoms with Gasteiger partial charge in [0.25, 0.3) is 0 Å². The molecule has 0 fully saturated rings. The fraction of sp³-hybridized carbons (Fsp3) is 0. The van der Waals surface area contributed by atoms with E-state index >= 15 is 0 Å². The van der Waals surface area contributed by atoms with Crippen LogP contribution in [0.3, 0.4) is 0 Å². The molecule has 0 aliphatic carbocycles. The van der Waals surface area contributed by atoms with Gasteiger partial charge in [0.1, 0.15) is 0 Å². The van der Waals surface area contributed by atoms with Crippen molar-refractivity contribution >= 4 is 45.2 Å². The Balaban J connectivity index is 0. The molecule has 4 heavy (non-hydrogen) atoms. The van der Waals surface area contributed by atoms with Gasteiger partial charge in [0.05, 0.1) is 0 Å². The summed E-state index contributed by atoms with van der Waals surface area (Å²) in [5.74, 6) is 0. The molecule has 0 aromatic carbocycles. The smallest absolute Gasteiger partial charge is 0 e. The molecule has 26 valence electrons. The summed E-state index contributed by atoms with van der Waals surface area (Å²) < 4.78 is 1.94. The van der Waals surface area contributed by atoms with Gasteiger partial charge in [-0.2, -0.15) is 0 Å². The summed E-state index contributed by atoms with van der Waals surface area (Å²) >= 11 is 4.30. The predicted octanol–water partition coefficient (Wildman–Crippen LogP) is 1.98. The molecule has 0 N–H and O–H groups in total. The Bertz CT molecular complexity index is 6.00. The van der Waals surface area contributed by atoms with Crippen LogP contribution in [-0.2, 0) is 0 Å². The van der Waals surface area contributed by atoms with E-state index in [-0.39, 0.29) is 40.4 Å². The molecule has 0 unspecified atom stereocenters. The molecule has 3 heteroatoms. The molecule has 0 amide bonds. The SMILES string of the molecule is I[CH-]I.[Sm]. The van der Waals surface area contributed by atoms with E-state index in [2.05, 4.69) is 45.2 Å². The second-order valence-corrected chi connectivity index (χ2v) is 3.71. The Hall–Kier alpha value is 2.80. The van der Waals surface area contributed by atoms with Gasteiger partial charge >= 0.3 is 0 Å². The second kappa shape index (κ2) is 9.25. The van der Waals surface area contributed by atoms with Crippen LogP contribution in [-0.4, -0.2) is 0 Å². The summed E-state index contributed by atoms with van der Waals surface area (Å²) in [6.07, 6.45) is 0. The van der Waals surface area contributed by atoms with Crippen LogP contribution in [0.15, 0.2) is 0 Å². The third kappa shape index (κ3) is 8.84. The first-order valence-electron chi connectivity index (χ1n) is 0.436. The predicted molar refractivity (Wildman–Crippen MR) is 32.3 cm³/mol. The fourth-order valence-electron chi connectivity index (χ4n) is 0. The Labute approximate surface area is 85.9 Å². The minimum atomic E-state index is 0. The van der Waals surface area contributed by atoms with E-state index in [9.17, 15) is 0 Å². The summed E-state index contributed by atoms with van der Waals surface area (Å²) in [7, 11) is 0. The van der Waals surface area contributed by atoms with Crippen molar-refractivity contribution in [3.63, 3.8) is 0 Å². The van der Waals surface area contributed by atoms with E-state index in [0.717, 1.165) is 0 Å². The van der Waals surface area contributed by atoms with Crippen LogP contribution in [0.2, 0.25) is 0 Å². The molecular formula is CHI2Sm-. The summed E-state index contributed by atoms with van der Waals surface area (Å²) in [5.41, 5.74) is 0. The molecular weight excluding hydrogens is 416 g/mol. The van der Waals surface area contributed by atoms with Crippen molar-refractivity contribution in [2.75, 3.05) is 0 Å². The molecule has 0 rings (SSSR count). The van der Waals surface area contributed by atoms with Crippen molar-refractivity contribution in [2.24, 2.45) is 0 Å². The third-order valence-corrected chi connectivity index (χ3v) is 0. The van der Waals surface area contributed by atoms with Crippen molar-refractivity contribution in [3.8, 4) is 0 Å². The molecule has 0 spiro atoms. The van der Waals surface area contributed by atoms with Crippen LogP contribution in [0.1, 0.15) is 0 Å². The van der Waals surface area contributed by atoms with Gasteiger partial charge in [0.15, 0.2) is 0 Å². The van der Waals surface area contributed by atoms with Gasteiger partial charge in [0.2, 0.25) is 0 Å². The Morgan fingerprint density at radius 1 is 1.25 bits per heavy atom. The molecule has 0 bridgehead atoms. The van der Waals surface area contributed by atoms with Crippen molar-refractivity contribution in [2.45, 2.75) is 0 Å². The first kappa shape index (κ1) is 9.93. The largest absolute Gasteiger partial charge is 0.304 e. The zero-order chi connectivity index (χ0) is 2.71. The Kier molecular flexibility index (Phi) is 23.0. The minimum absolute atomic E-state index is 0. The number of hydrogen-bond donors (Lipinski definition) is 0. The van der Waals surface area contributed by atoms with Crippen LogP contribution < -0.4 is 0 Å². The summed E-state index contributed by atoms with van der Waals surface area (Å²) in [6, 6.07) is 0. The van der Waals surface area contributed by atoms with Gasteiger partial charge in [-0.05, 0) is 0 Å². The van der Waals surface area contributed by atoms with E-state index in [1.807, 2.05) is 2.43 Å². The van der Waals surface area contributed by atoms with Crippen LogP contribution >= 0.6 is 45.2 Å². The minimum Gasteiger partial charge on any atom is -0.304 e. The van der Waals surface area contributed by atoms with Crippen molar-refractivity contribution < 1.29 is 40.4 Å². The second-order valence-electron chi connectivity index (χ2n) is 0.0825. The van der Waals surface area contributed by atoms with Crippen LogP contribution in [0.25, 0.3) is 0 Å². The quantitative estimate of drug-likeness (QED) is 0.418. The molecule has 0 radical (unpaired) electrons. The van der Waals surface area contributed by atoms with E-state index in [4.69, 9.17) is 0 Å². The van der Waals surface area contributed by atoms with Gasteiger partial charge in [-0.1, -0.05) is 0 Å². The summed E-state index contributed by atoms with van der Waals surface area (Å²) in [6.45, 7) is 0. The van der Waals surface area contributed by atoms with E-state index in [1.54, 1.807) is 0 Å². The molecule has 0 heterocycles. The standard InChI is InChI=1S/CHI2.Sm/c2-1-3;/h1H;/q-1;. The van der Waals surface area contributed by atoms with Crippen molar-refractivity contribution in [3.05, 3.63) is 2.43 Å². The molecule has 0 aromatic heterocycles. The third-order valence-electron chi connectivity index (χ3n) is 0. The molecule has 0 nitrogen and oxygen atoms in total. The fourth-order valence-corrected chi connectivity index (χ4v) is 0. The maximum Gasteiger partial charge on any atom is 0 e. The van der Waals surface area contributed by atoms with E-state index < -0.39 is 0 Å². The van der Waals surface area contributed by atoms with Gasteiger partial charge in [0, 0.05) is 40.4 Å². The van der Waals surface area contributed by atoms with Gasteiger partial charge in [-0.25, -0.2) is 2.43 Å². The van der Waals surface area contributed by atoms with Crippen LogP contribution in [0.5, 0.6) is 0 Å². The zero-order valence-electron chi connectivity index (χ0n) is 1.74. The van der Waals surface area contributed by atoms with Crippen LogP contribution in [0.4, 0.5) is 0 Å². The molecule has 0 aromatic rings. The number of rotatable bonds is 0. The molecule has 0 aliphatic heterocycles. The van der Waals surface area contributed by atoms with Crippen molar-refractivity contribution in [1.29, 1.82) is 0 Å². The monoisotopic (exact) mass is 419 g/mol. The van der Waals surface area contributed by atoms with Crippen molar-refractivity contribution in [1.82, 2.24) is 0 Å². The maximum absolute atomic E-state index is 2.15. The molecule has 0 saturated heterocycles.